The molecule has 1 N–H and O–H groups in total. The van der Waals surface area contributed by atoms with E-state index < -0.39 is 0 Å². The molecule has 2 aromatic rings. The SMILES string of the molecule is CNCC1CCCN1Cc1nc2ccc(OC)cc2s1.Cl. The molecule has 6 heteroatoms. The second-order valence-corrected chi connectivity index (χ2v) is 6.38. The zero-order chi connectivity index (χ0) is 13.9. The number of nitrogens with one attached hydrogen (secondary N) is 1. The molecule has 0 aliphatic carbocycles. The maximum absolute atomic E-state index is 5.27. The van der Waals surface area contributed by atoms with E-state index >= 15 is 0 Å². The van der Waals surface area contributed by atoms with Crippen molar-refractivity contribution in [2.75, 3.05) is 27.2 Å². The quantitative estimate of drug-likeness (QED) is 0.916. The van der Waals surface area contributed by atoms with Gasteiger partial charge in [-0.25, -0.2) is 4.98 Å². The van der Waals surface area contributed by atoms with Crippen LogP contribution in [0.25, 0.3) is 10.2 Å². The average Bonchev–Trinajstić information content (AvgIpc) is 3.05. The van der Waals surface area contributed by atoms with Gasteiger partial charge in [0.05, 0.1) is 23.9 Å². The van der Waals surface area contributed by atoms with Crippen molar-refractivity contribution in [3.05, 3.63) is 23.2 Å². The Morgan fingerprint density at radius 2 is 2.33 bits per heavy atom. The van der Waals surface area contributed by atoms with E-state index in [1.165, 1.54) is 29.1 Å². The summed E-state index contributed by atoms with van der Waals surface area (Å²) < 4.78 is 6.49. The van der Waals surface area contributed by atoms with E-state index in [0.717, 1.165) is 24.4 Å². The Morgan fingerprint density at radius 3 is 3.10 bits per heavy atom. The van der Waals surface area contributed by atoms with Gasteiger partial charge in [0.15, 0.2) is 0 Å². The minimum Gasteiger partial charge on any atom is -0.497 e. The van der Waals surface area contributed by atoms with Gasteiger partial charge in [-0.15, -0.1) is 23.7 Å². The molecular formula is C15H22ClN3OS. The third-order valence-electron chi connectivity index (χ3n) is 3.92. The molecule has 1 aromatic carbocycles. The maximum Gasteiger partial charge on any atom is 0.120 e. The van der Waals surface area contributed by atoms with Gasteiger partial charge in [-0.05, 0) is 44.6 Å². The Bertz CT molecular complexity index is 589. The number of halogens is 1. The van der Waals surface area contributed by atoms with Gasteiger partial charge in [-0.2, -0.15) is 0 Å². The molecule has 1 fully saturated rings. The fourth-order valence-corrected chi connectivity index (χ4v) is 3.91. The van der Waals surface area contributed by atoms with E-state index in [-0.39, 0.29) is 12.4 Å². The predicted octanol–water partition coefficient (Wildman–Crippen LogP) is 2.91. The highest BCUT2D eigenvalue weighted by Crippen LogP contribution is 2.28. The second-order valence-electron chi connectivity index (χ2n) is 5.27. The molecule has 0 spiro atoms. The number of likely N-dealkylation sites (tertiary alicyclic amines) is 1. The minimum atomic E-state index is 0. The first-order valence-corrected chi connectivity index (χ1v) is 7.94. The van der Waals surface area contributed by atoms with Crippen LogP contribution < -0.4 is 10.1 Å². The van der Waals surface area contributed by atoms with Crippen molar-refractivity contribution in [2.24, 2.45) is 0 Å². The molecule has 2 heterocycles. The topological polar surface area (TPSA) is 37.4 Å². The van der Waals surface area contributed by atoms with E-state index in [4.69, 9.17) is 9.72 Å². The highest BCUT2D eigenvalue weighted by atomic mass is 35.5. The van der Waals surface area contributed by atoms with Crippen molar-refractivity contribution in [3.8, 4) is 5.75 Å². The van der Waals surface area contributed by atoms with Gasteiger partial charge in [0, 0.05) is 12.6 Å². The lowest BCUT2D eigenvalue weighted by Crippen LogP contribution is -2.36. The van der Waals surface area contributed by atoms with E-state index in [2.05, 4.69) is 16.3 Å². The highest BCUT2D eigenvalue weighted by molar-refractivity contribution is 7.18. The molecule has 1 atom stereocenters. The number of benzene rings is 1. The number of ether oxygens (including phenoxy) is 1. The summed E-state index contributed by atoms with van der Waals surface area (Å²) >= 11 is 1.78. The predicted molar refractivity (Wildman–Crippen MR) is 90.8 cm³/mol. The number of likely N-dealkylation sites (N-methyl/N-ethyl adjacent to an activating group) is 1. The standard InChI is InChI=1S/C15H21N3OS.ClH/c1-16-9-11-4-3-7-18(11)10-15-17-13-6-5-12(19-2)8-14(13)20-15;/h5-6,8,11,16H,3-4,7,9-10H2,1-2H3;1H. The molecule has 3 rings (SSSR count). The summed E-state index contributed by atoms with van der Waals surface area (Å²) in [4.78, 5) is 7.29. The fraction of sp³-hybridized carbons (Fsp3) is 0.533. The number of nitrogens with zero attached hydrogens (tertiary/aromatic N) is 2. The third-order valence-corrected chi connectivity index (χ3v) is 4.92. The maximum atomic E-state index is 5.27. The van der Waals surface area contributed by atoms with Gasteiger partial charge in [0.25, 0.3) is 0 Å². The van der Waals surface area contributed by atoms with Crippen molar-refractivity contribution >= 4 is 34.0 Å². The summed E-state index contributed by atoms with van der Waals surface area (Å²) in [5.74, 6) is 0.905. The molecule has 116 valence electrons. The van der Waals surface area contributed by atoms with E-state index in [9.17, 15) is 0 Å². The van der Waals surface area contributed by atoms with Gasteiger partial charge in [-0.1, -0.05) is 0 Å². The lowest BCUT2D eigenvalue weighted by Gasteiger charge is -2.22. The number of hydrogen-bond donors (Lipinski definition) is 1. The summed E-state index contributed by atoms with van der Waals surface area (Å²) in [7, 11) is 3.73. The summed E-state index contributed by atoms with van der Waals surface area (Å²) in [6, 6.07) is 6.75. The van der Waals surface area contributed by atoms with Crippen LogP contribution in [0.15, 0.2) is 18.2 Å². The van der Waals surface area contributed by atoms with E-state index in [0.29, 0.717) is 6.04 Å². The highest BCUT2D eigenvalue weighted by Gasteiger charge is 2.24. The van der Waals surface area contributed by atoms with Crippen LogP contribution in [0.2, 0.25) is 0 Å². The fourth-order valence-electron chi connectivity index (χ4n) is 2.89. The normalized spacial score (nSPS) is 18.9. The summed E-state index contributed by atoms with van der Waals surface area (Å²) in [6.45, 7) is 3.22. The Kier molecular flexibility index (Phi) is 5.81. The second kappa shape index (κ2) is 7.40. The number of thiazole rings is 1. The Balaban J connectivity index is 0.00000161. The number of aromatic nitrogens is 1. The van der Waals surface area contributed by atoms with E-state index in [1.54, 1.807) is 18.4 Å². The summed E-state index contributed by atoms with van der Waals surface area (Å²) in [5.41, 5.74) is 1.08. The van der Waals surface area contributed by atoms with Crippen molar-refractivity contribution in [2.45, 2.75) is 25.4 Å². The van der Waals surface area contributed by atoms with Crippen LogP contribution in [0.4, 0.5) is 0 Å². The largest absolute Gasteiger partial charge is 0.497 e. The van der Waals surface area contributed by atoms with Crippen molar-refractivity contribution in [1.82, 2.24) is 15.2 Å². The van der Waals surface area contributed by atoms with Gasteiger partial charge < -0.3 is 10.1 Å². The molecule has 0 amide bonds. The first-order chi connectivity index (χ1) is 9.80. The Hall–Kier alpha value is -0.880. The average molecular weight is 328 g/mol. The zero-order valence-corrected chi connectivity index (χ0v) is 14.1. The lowest BCUT2D eigenvalue weighted by atomic mass is 10.2. The van der Waals surface area contributed by atoms with Crippen LogP contribution in [0, 0.1) is 0 Å². The zero-order valence-electron chi connectivity index (χ0n) is 12.5. The van der Waals surface area contributed by atoms with Crippen LogP contribution in [-0.4, -0.2) is 43.2 Å². The molecule has 0 radical (unpaired) electrons. The lowest BCUT2D eigenvalue weighted by molar-refractivity contribution is 0.242. The molecule has 1 saturated heterocycles. The molecule has 1 aliphatic heterocycles. The molecule has 4 nitrogen and oxygen atoms in total. The Morgan fingerprint density at radius 1 is 1.48 bits per heavy atom. The third kappa shape index (κ3) is 3.66. The molecule has 21 heavy (non-hydrogen) atoms. The van der Waals surface area contributed by atoms with Crippen molar-refractivity contribution in [1.29, 1.82) is 0 Å². The Labute approximate surface area is 135 Å². The van der Waals surface area contributed by atoms with Gasteiger partial charge in [-0.3, -0.25) is 4.90 Å². The van der Waals surface area contributed by atoms with Crippen LogP contribution in [0.5, 0.6) is 5.75 Å². The van der Waals surface area contributed by atoms with Crippen LogP contribution >= 0.6 is 23.7 Å². The first kappa shape index (κ1) is 16.5. The summed E-state index contributed by atoms with van der Waals surface area (Å²) in [5, 5.41) is 4.50. The number of rotatable bonds is 5. The molecular weight excluding hydrogens is 306 g/mol. The van der Waals surface area contributed by atoms with Gasteiger partial charge >= 0.3 is 0 Å². The molecule has 1 aliphatic rings. The van der Waals surface area contributed by atoms with Crippen LogP contribution in [0.3, 0.4) is 0 Å². The number of fused-ring (bicyclic) bond motifs is 1. The number of methoxy groups -OCH3 is 1. The van der Waals surface area contributed by atoms with E-state index in [1.807, 2.05) is 19.2 Å². The van der Waals surface area contributed by atoms with Gasteiger partial charge in [0.1, 0.15) is 10.8 Å². The van der Waals surface area contributed by atoms with Crippen LogP contribution in [0.1, 0.15) is 17.8 Å². The molecule has 0 saturated carbocycles. The molecule has 1 unspecified atom stereocenters. The van der Waals surface area contributed by atoms with Gasteiger partial charge in [0.2, 0.25) is 0 Å². The number of hydrogen-bond acceptors (Lipinski definition) is 5. The smallest absolute Gasteiger partial charge is 0.120 e. The first-order valence-electron chi connectivity index (χ1n) is 7.12. The van der Waals surface area contributed by atoms with Crippen LogP contribution in [-0.2, 0) is 6.54 Å². The van der Waals surface area contributed by atoms with Crippen molar-refractivity contribution < 1.29 is 4.74 Å². The minimum absolute atomic E-state index is 0. The molecule has 1 aromatic heterocycles. The summed E-state index contributed by atoms with van der Waals surface area (Å²) in [6.07, 6.45) is 2.59. The van der Waals surface area contributed by atoms with Crippen molar-refractivity contribution in [3.63, 3.8) is 0 Å². The monoisotopic (exact) mass is 327 g/mol. The molecule has 0 bridgehead atoms.